The van der Waals surface area contributed by atoms with Gasteiger partial charge in [-0.05, 0) is 34.7 Å². The van der Waals surface area contributed by atoms with Crippen LogP contribution in [0.3, 0.4) is 0 Å². The molecule has 0 unspecified atom stereocenters. The van der Waals surface area contributed by atoms with E-state index in [2.05, 4.69) is 52.7 Å². The van der Waals surface area contributed by atoms with Crippen LogP contribution in [0.4, 0.5) is 5.69 Å². The first-order chi connectivity index (χ1) is 9.38. The van der Waals surface area contributed by atoms with Crippen LogP contribution in [0, 0.1) is 0 Å². The van der Waals surface area contributed by atoms with Crippen LogP contribution in [0.1, 0.15) is 22.3 Å². The number of nitrogens with one attached hydrogen (secondary N) is 1. The summed E-state index contributed by atoms with van der Waals surface area (Å²) in [6.07, 6.45) is 1.17. The molecule has 2 heterocycles. The Morgan fingerprint density at radius 3 is 2.53 bits per heavy atom. The molecule has 2 heteroatoms. The molecule has 19 heavy (non-hydrogen) atoms. The first-order valence-corrected chi connectivity index (χ1v) is 7.03. The molecule has 0 aliphatic carbocycles. The predicted molar refractivity (Wildman–Crippen MR) is 78.0 cm³/mol. The fraction of sp³-hybridized carbons (Fsp3) is 0.294. The number of nitrogens with zero attached hydrogens (tertiary/aromatic N) is 1. The summed E-state index contributed by atoms with van der Waals surface area (Å²) in [7, 11) is 0. The molecular weight excluding hydrogens is 232 g/mol. The van der Waals surface area contributed by atoms with E-state index in [0.29, 0.717) is 0 Å². The van der Waals surface area contributed by atoms with Gasteiger partial charge in [-0.1, -0.05) is 36.4 Å². The van der Waals surface area contributed by atoms with Crippen molar-refractivity contribution in [1.29, 1.82) is 0 Å². The number of hydrogen-bond acceptors (Lipinski definition) is 2. The highest BCUT2D eigenvalue weighted by atomic mass is 15.1. The molecular formula is C17H18N2. The average molecular weight is 250 g/mol. The Labute approximate surface area is 114 Å². The van der Waals surface area contributed by atoms with Crippen molar-refractivity contribution in [3.05, 3.63) is 64.7 Å². The number of rotatable bonds is 2. The van der Waals surface area contributed by atoms with E-state index >= 15 is 0 Å². The second-order valence-corrected chi connectivity index (χ2v) is 5.58. The van der Waals surface area contributed by atoms with E-state index in [1.165, 1.54) is 34.4 Å². The third-order valence-electron chi connectivity index (χ3n) is 4.20. The SMILES string of the molecule is c1ccc2c(c1)CN(Cc1ccc3c(c1)NCC3)C2. The summed E-state index contributed by atoms with van der Waals surface area (Å²) in [6, 6.07) is 15.7. The molecule has 96 valence electrons. The van der Waals surface area contributed by atoms with E-state index in [-0.39, 0.29) is 0 Å². The summed E-state index contributed by atoms with van der Waals surface area (Å²) in [5.74, 6) is 0. The molecule has 0 amide bonds. The lowest BCUT2D eigenvalue weighted by molar-refractivity contribution is 0.275. The van der Waals surface area contributed by atoms with Crippen LogP contribution in [-0.2, 0) is 26.1 Å². The molecule has 2 aromatic rings. The molecule has 0 aromatic heterocycles. The summed E-state index contributed by atoms with van der Waals surface area (Å²) >= 11 is 0. The molecule has 0 radical (unpaired) electrons. The lowest BCUT2D eigenvalue weighted by Gasteiger charge is -2.15. The van der Waals surface area contributed by atoms with Crippen molar-refractivity contribution < 1.29 is 0 Å². The van der Waals surface area contributed by atoms with Crippen molar-refractivity contribution in [1.82, 2.24) is 4.90 Å². The molecule has 1 N–H and O–H groups in total. The van der Waals surface area contributed by atoms with Gasteiger partial charge >= 0.3 is 0 Å². The monoisotopic (exact) mass is 250 g/mol. The highest BCUT2D eigenvalue weighted by molar-refractivity contribution is 5.57. The number of benzene rings is 2. The molecule has 2 aliphatic heterocycles. The minimum absolute atomic E-state index is 1.05. The van der Waals surface area contributed by atoms with Gasteiger partial charge in [-0.15, -0.1) is 0 Å². The molecule has 0 atom stereocenters. The van der Waals surface area contributed by atoms with Crippen LogP contribution >= 0.6 is 0 Å². The van der Waals surface area contributed by atoms with Crippen molar-refractivity contribution in [2.75, 3.05) is 11.9 Å². The largest absolute Gasteiger partial charge is 0.384 e. The first kappa shape index (κ1) is 11.1. The lowest BCUT2D eigenvalue weighted by Crippen LogP contribution is -2.15. The van der Waals surface area contributed by atoms with Crippen LogP contribution in [0.15, 0.2) is 42.5 Å². The number of hydrogen-bond donors (Lipinski definition) is 1. The van der Waals surface area contributed by atoms with Gasteiger partial charge < -0.3 is 5.32 Å². The number of anilines is 1. The Morgan fingerprint density at radius 2 is 1.74 bits per heavy atom. The van der Waals surface area contributed by atoms with Crippen molar-refractivity contribution >= 4 is 5.69 Å². The minimum Gasteiger partial charge on any atom is -0.384 e. The zero-order chi connectivity index (χ0) is 12.7. The van der Waals surface area contributed by atoms with Crippen molar-refractivity contribution in [2.24, 2.45) is 0 Å². The van der Waals surface area contributed by atoms with Gasteiger partial charge in [0, 0.05) is 31.9 Å². The van der Waals surface area contributed by atoms with Crippen molar-refractivity contribution in [3.63, 3.8) is 0 Å². The van der Waals surface area contributed by atoms with Crippen molar-refractivity contribution in [2.45, 2.75) is 26.1 Å². The van der Waals surface area contributed by atoms with Gasteiger partial charge in [0.1, 0.15) is 0 Å². The Hall–Kier alpha value is -1.80. The normalized spacial score (nSPS) is 17.1. The van der Waals surface area contributed by atoms with E-state index in [0.717, 1.165) is 26.2 Å². The van der Waals surface area contributed by atoms with Gasteiger partial charge in [0.15, 0.2) is 0 Å². The summed E-state index contributed by atoms with van der Waals surface area (Å²) < 4.78 is 0. The quantitative estimate of drug-likeness (QED) is 0.880. The highest BCUT2D eigenvalue weighted by Crippen LogP contribution is 2.27. The molecule has 2 aliphatic rings. The summed E-state index contributed by atoms with van der Waals surface area (Å²) in [4.78, 5) is 2.52. The van der Waals surface area contributed by atoms with Gasteiger partial charge in [-0.2, -0.15) is 0 Å². The topological polar surface area (TPSA) is 15.3 Å². The van der Waals surface area contributed by atoms with E-state index in [9.17, 15) is 0 Å². The summed E-state index contributed by atoms with van der Waals surface area (Å²) in [5, 5.41) is 3.46. The summed E-state index contributed by atoms with van der Waals surface area (Å²) in [5.41, 5.74) is 7.20. The maximum Gasteiger partial charge on any atom is 0.0376 e. The zero-order valence-corrected chi connectivity index (χ0v) is 11.0. The van der Waals surface area contributed by atoms with E-state index < -0.39 is 0 Å². The maximum absolute atomic E-state index is 3.46. The third-order valence-corrected chi connectivity index (χ3v) is 4.20. The molecule has 0 saturated carbocycles. The van der Waals surface area contributed by atoms with Gasteiger partial charge in [-0.3, -0.25) is 4.90 Å². The second kappa shape index (κ2) is 4.39. The average Bonchev–Trinajstić information content (AvgIpc) is 3.03. The second-order valence-electron chi connectivity index (χ2n) is 5.58. The molecule has 0 spiro atoms. The van der Waals surface area contributed by atoms with Gasteiger partial charge in [0.05, 0.1) is 0 Å². The molecule has 0 fully saturated rings. The van der Waals surface area contributed by atoms with Crippen LogP contribution in [-0.4, -0.2) is 11.4 Å². The zero-order valence-electron chi connectivity index (χ0n) is 11.0. The molecule has 0 bridgehead atoms. The number of fused-ring (bicyclic) bond motifs is 2. The molecule has 2 nitrogen and oxygen atoms in total. The highest BCUT2D eigenvalue weighted by Gasteiger charge is 2.18. The fourth-order valence-electron chi connectivity index (χ4n) is 3.21. The van der Waals surface area contributed by atoms with Crippen molar-refractivity contribution in [3.8, 4) is 0 Å². The van der Waals surface area contributed by atoms with Gasteiger partial charge in [-0.25, -0.2) is 0 Å². The Morgan fingerprint density at radius 1 is 0.947 bits per heavy atom. The van der Waals surface area contributed by atoms with E-state index in [1.54, 1.807) is 0 Å². The van der Waals surface area contributed by atoms with E-state index in [1.807, 2.05) is 0 Å². The molecule has 0 saturated heterocycles. The van der Waals surface area contributed by atoms with E-state index in [4.69, 9.17) is 0 Å². The Balaban J connectivity index is 1.51. The van der Waals surface area contributed by atoms with Gasteiger partial charge in [0.2, 0.25) is 0 Å². The van der Waals surface area contributed by atoms with Crippen LogP contribution in [0.25, 0.3) is 0 Å². The summed E-state index contributed by atoms with van der Waals surface area (Å²) in [6.45, 7) is 4.30. The standard InChI is InChI=1S/C17H18N2/c1-2-4-16-12-19(11-15(16)3-1)10-13-5-6-14-7-8-18-17(14)9-13/h1-6,9,18H,7-8,10-12H2. The predicted octanol–water partition coefficient (Wildman–Crippen LogP) is 3.17. The fourth-order valence-corrected chi connectivity index (χ4v) is 3.21. The van der Waals surface area contributed by atoms with Crippen LogP contribution in [0.2, 0.25) is 0 Å². The minimum atomic E-state index is 1.05. The molecule has 2 aromatic carbocycles. The van der Waals surface area contributed by atoms with Crippen LogP contribution in [0.5, 0.6) is 0 Å². The van der Waals surface area contributed by atoms with Crippen LogP contribution < -0.4 is 5.32 Å². The Kier molecular flexibility index (Phi) is 2.56. The van der Waals surface area contributed by atoms with Gasteiger partial charge in [0.25, 0.3) is 0 Å². The molecule has 4 rings (SSSR count). The lowest BCUT2D eigenvalue weighted by atomic mass is 10.1. The Bertz CT molecular complexity index is 593. The maximum atomic E-state index is 3.46. The first-order valence-electron chi connectivity index (χ1n) is 7.03. The smallest absolute Gasteiger partial charge is 0.0376 e. The third kappa shape index (κ3) is 2.02.